The van der Waals surface area contributed by atoms with Crippen LogP contribution in [-0.2, 0) is 19.7 Å². The van der Waals surface area contributed by atoms with Crippen molar-refractivity contribution in [3.63, 3.8) is 0 Å². The summed E-state index contributed by atoms with van der Waals surface area (Å²) in [5.41, 5.74) is -0.155. The van der Waals surface area contributed by atoms with Crippen molar-refractivity contribution in [2.45, 2.75) is 50.7 Å². The fraction of sp³-hybridized carbons (Fsp3) is 0.611. The van der Waals surface area contributed by atoms with Crippen molar-refractivity contribution >= 4 is 5.97 Å². The lowest BCUT2D eigenvalue weighted by Crippen LogP contribution is -2.58. The molecule has 0 saturated carbocycles. The molecular weight excluding hydrogens is 297 g/mol. The van der Waals surface area contributed by atoms with Gasteiger partial charge in [-0.15, -0.1) is 0 Å². The average Bonchev–Trinajstić information content (AvgIpc) is 2.47. The van der Waals surface area contributed by atoms with Gasteiger partial charge in [0.25, 0.3) is 0 Å². The average molecular weight is 323 g/mol. The first-order valence-corrected chi connectivity index (χ1v) is 8.08. The number of benzene rings is 1. The number of carbonyl (C=O) groups is 1. The fourth-order valence-electron chi connectivity index (χ4n) is 3.71. The summed E-state index contributed by atoms with van der Waals surface area (Å²) in [7, 11) is 1.74. The van der Waals surface area contributed by atoms with Crippen LogP contribution in [0.5, 0.6) is 0 Å². The van der Waals surface area contributed by atoms with Gasteiger partial charge in [0, 0.05) is 12.0 Å². The van der Waals surface area contributed by atoms with E-state index in [0.717, 1.165) is 5.56 Å². The summed E-state index contributed by atoms with van der Waals surface area (Å²) in [6.45, 7) is 6.61. The van der Waals surface area contributed by atoms with Gasteiger partial charge in [0.1, 0.15) is 11.9 Å². The summed E-state index contributed by atoms with van der Waals surface area (Å²) >= 11 is 0. The SMILES string of the molecule is CCOC(=O)C(NC)C1(c2cccc(F)c2)CCOC(C)(C)C1. The van der Waals surface area contributed by atoms with E-state index >= 15 is 0 Å². The van der Waals surface area contributed by atoms with Gasteiger partial charge < -0.3 is 14.8 Å². The minimum absolute atomic E-state index is 0.301. The minimum atomic E-state index is -0.565. The number of nitrogens with one attached hydrogen (secondary N) is 1. The van der Waals surface area contributed by atoms with E-state index in [4.69, 9.17) is 9.47 Å². The van der Waals surface area contributed by atoms with Crippen LogP contribution < -0.4 is 5.32 Å². The number of hydrogen-bond acceptors (Lipinski definition) is 4. The Morgan fingerprint density at radius 3 is 2.78 bits per heavy atom. The first kappa shape index (κ1) is 17.9. The molecule has 1 aromatic carbocycles. The molecule has 1 saturated heterocycles. The highest BCUT2D eigenvalue weighted by Gasteiger charge is 2.50. The predicted octanol–water partition coefficient (Wildman–Crippen LogP) is 2.80. The molecule has 23 heavy (non-hydrogen) atoms. The maximum absolute atomic E-state index is 13.8. The minimum Gasteiger partial charge on any atom is -0.465 e. The van der Waals surface area contributed by atoms with Crippen molar-refractivity contribution in [1.29, 1.82) is 0 Å². The zero-order valence-corrected chi connectivity index (χ0v) is 14.3. The van der Waals surface area contributed by atoms with Gasteiger partial charge in [0.05, 0.1) is 12.2 Å². The van der Waals surface area contributed by atoms with Crippen molar-refractivity contribution in [1.82, 2.24) is 5.32 Å². The largest absolute Gasteiger partial charge is 0.465 e. The fourth-order valence-corrected chi connectivity index (χ4v) is 3.71. The molecule has 4 nitrogen and oxygen atoms in total. The van der Waals surface area contributed by atoms with Crippen LogP contribution in [-0.4, -0.2) is 37.9 Å². The monoisotopic (exact) mass is 323 g/mol. The highest BCUT2D eigenvalue weighted by Crippen LogP contribution is 2.44. The molecule has 128 valence electrons. The molecule has 1 fully saturated rings. The van der Waals surface area contributed by atoms with Crippen LogP contribution in [0, 0.1) is 5.82 Å². The molecule has 2 atom stereocenters. The van der Waals surface area contributed by atoms with Crippen LogP contribution >= 0.6 is 0 Å². The molecule has 5 heteroatoms. The third-order valence-corrected chi connectivity index (χ3v) is 4.55. The molecule has 0 bridgehead atoms. The molecule has 0 radical (unpaired) electrons. The van der Waals surface area contributed by atoms with Gasteiger partial charge in [-0.2, -0.15) is 0 Å². The van der Waals surface area contributed by atoms with Crippen molar-refractivity contribution < 1.29 is 18.7 Å². The number of hydrogen-bond donors (Lipinski definition) is 1. The van der Waals surface area contributed by atoms with Gasteiger partial charge in [-0.25, -0.2) is 4.39 Å². The van der Waals surface area contributed by atoms with Crippen molar-refractivity contribution in [2.24, 2.45) is 0 Å². The summed E-state index contributed by atoms with van der Waals surface area (Å²) in [5, 5.41) is 3.10. The molecule has 0 spiro atoms. The Hall–Kier alpha value is -1.46. The van der Waals surface area contributed by atoms with E-state index in [-0.39, 0.29) is 11.8 Å². The number of rotatable bonds is 5. The Labute approximate surface area is 137 Å². The van der Waals surface area contributed by atoms with E-state index < -0.39 is 17.1 Å². The standard InChI is InChI=1S/C18H26FNO3/c1-5-22-16(21)15(20-4)18(9-10-23-17(2,3)12-18)13-7-6-8-14(19)11-13/h6-8,11,15,20H,5,9-10,12H2,1-4H3. The van der Waals surface area contributed by atoms with Crippen LogP contribution in [0.1, 0.15) is 39.2 Å². The molecule has 2 unspecified atom stereocenters. The van der Waals surface area contributed by atoms with Gasteiger partial charge in [0.15, 0.2) is 0 Å². The van der Waals surface area contributed by atoms with Gasteiger partial charge >= 0.3 is 5.97 Å². The molecule has 1 N–H and O–H groups in total. The molecule has 2 rings (SSSR count). The molecule has 0 amide bonds. The summed E-state index contributed by atoms with van der Waals surface area (Å²) < 4.78 is 24.9. The number of halogens is 1. The summed E-state index contributed by atoms with van der Waals surface area (Å²) in [6, 6.07) is 5.96. The second-order valence-corrected chi connectivity index (χ2v) is 6.68. The topological polar surface area (TPSA) is 47.6 Å². The number of carbonyl (C=O) groups excluding carboxylic acids is 1. The van der Waals surface area contributed by atoms with E-state index in [0.29, 0.717) is 26.1 Å². The maximum Gasteiger partial charge on any atom is 0.324 e. The van der Waals surface area contributed by atoms with Crippen molar-refractivity contribution in [3.8, 4) is 0 Å². The Balaban J connectivity index is 2.52. The second kappa shape index (κ2) is 6.97. The Bertz CT molecular complexity index is 561. The number of esters is 1. The van der Waals surface area contributed by atoms with E-state index in [2.05, 4.69) is 5.32 Å². The van der Waals surface area contributed by atoms with Crippen LogP contribution in [0.25, 0.3) is 0 Å². The lowest BCUT2D eigenvalue weighted by molar-refractivity contribution is -0.152. The van der Waals surface area contributed by atoms with Crippen LogP contribution in [0.3, 0.4) is 0 Å². The zero-order valence-electron chi connectivity index (χ0n) is 14.3. The van der Waals surface area contributed by atoms with Crippen molar-refractivity contribution in [3.05, 3.63) is 35.6 Å². The molecule has 0 aromatic heterocycles. The van der Waals surface area contributed by atoms with Crippen molar-refractivity contribution in [2.75, 3.05) is 20.3 Å². The van der Waals surface area contributed by atoms with E-state index in [9.17, 15) is 9.18 Å². The Morgan fingerprint density at radius 2 is 2.22 bits per heavy atom. The number of likely N-dealkylation sites (N-methyl/N-ethyl adjacent to an activating group) is 1. The van der Waals surface area contributed by atoms with E-state index in [1.807, 2.05) is 19.9 Å². The molecular formula is C18H26FNO3. The van der Waals surface area contributed by atoms with Gasteiger partial charge in [-0.3, -0.25) is 4.79 Å². The third-order valence-electron chi connectivity index (χ3n) is 4.55. The van der Waals surface area contributed by atoms with E-state index in [1.54, 1.807) is 20.0 Å². The van der Waals surface area contributed by atoms with Crippen LogP contribution in [0.2, 0.25) is 0 Å². The van der Waals surface area contributed by atoms with E-state index in [1.165, 1.54) is 12.1 Å². The highest BCUT2D eigenvalue weighted by atomic mass is 19.1. The lowest BCUT2D eigenvalue weighted by atomic mass is 9.64. The molecule has 1 aliphatic heterocycles. The van der Waals surface area contributed by atoms with Gasteiger partial charge in [0.2, 0.25) is 0 Å². The normalized spacial score (nSPS) is 24.9. The first-order valence-electron chi connectivity index (χ1n) is 8.08. The molecule has 0 aliphatic carbocycles. The van der Waals surface area contributed by atoms with Gasteiger partial charge in [-0.05, 0) is 58.4 Å². The summed E-state index contributed by atoms with van der Waals surface area (Å²) in [6.07, 6.45) is 1.23. The first-order chi connectivity index (χ1) is 10.8. The zero-order chi connectivity index (χ0) is 17.1. The lowest BCUT2D eigenvalue weighted by Gasteiger charge is -2.48. The van der Waals surface area contributed by atoms with Gasteiger partial charge in [-0.1, -0.05) is 12.1 Å². The summed E-state index contributed by atoms with van der Waals surface area (Å²) in [5.74, 6) is -0.609. The smallest absolute Gasteiger partial charge is 0.324 e. The Kier molecular flexibility index (Phi) is 5.42. The second-order valence-electron chi connectivity index (χ2n) is 6.68. The predicted molar refractivity (Wildman–Crippen MR) is 86.8 cm³/mol. The summed E-state index contributed by atoms with van der Waals surface area (Å²) in [4.78, 5) is 12.5. The third kappa shape index (κ3) is 3.72. The molecule has 1 heterocycles. The highest BCUT2D eigenvalue weighted by molar-refractivity contribution is 5.78. The van der Waals surface area contributed by atoms with Crippen LogP contribution in [0.4, 0.5) is 4.39 Å². The Morgan fingerprint density at radius 1 is 1.48 bits per heavy atom. The maximum atomic E-state index is 13.8. The molecule has 1 aliphatic rings. The van der Waals surface area contributed by atoms with Crippen LogP contribution in [0.15, 0.2) is 24.3 Å². The molecule has 1 aromatic rings. The quantitative estimate of drug-likeness (QED) is 0.847. The number of ether oxygens (including phenoxy) is 2.